The molecule has 94 valence electrons. The van der Waals surface area contributed by atoms with E-state index in [0.29, 0.717) is 16.2 Å². The number of aromatic nitrogens is 1. The van der Waals surface area contributed by atoms with Gasteiger partial charge in [-0.3, -0.25) is 9.69 Å². The molecule has 0 aliphatic heterocycles. The van der Waals surface area contributed by atoms with E-state index in [-0.39, 0.29) is 11.7 Å². The third-order valence-electron chi connectivity index (χ3n) is 1.75. The largest absolute Gasteiger partial charge is 0.476 e. The first-order chi connectivity index (χ1) is 7.77. The van der Waals surface area contributed by atoms with Crippen LogP contribution in [0.15, 0.2) is 5.38 Å². The van der Waals surface area contributed by atoms with Crippen molar-refractivity contribution in [1.29, 1.82) is 0 Å². The Bertz CT molecular complexity index is 443. The number of anilines is 1. The molecule has 0 atom stereocenters. The summed E-state index contributed by atoms with van der Waals surface area (Å²) in [7, 11) is 0. The van der Waals surface area contributed by atoms with Crippen molar-refractivity contribution in [2.45, 2.75) is 13.1 Å². The van der Waals surface area contributed by atoms with Gasteiger partial charge in [0.2, 0.25) is 0 Å². The summed E-state index contributed by atoms with van der Waals surface area (Å²) in [5, 5.41) is 9.36. The van der Waals surface area contributed by atoms with E-state index in [2.05, 4.69) is 4.98 Å². The molecule has 0 saturated heterocycles. The Kier molecular flexibility index (Phi) is 3.71. The molecule has 1 N–H and O–H groups in total. The topological polar surface area (TPSA) is 70.5 Å². The predicted octanol–water partition coefficient (Wildman–Crippen LogP) is 1.76. The van der Waals surface area contributed by atoms with Gasteiger partial charge in [0.25, 0.3) is 0 Å². The molecule has 0 aromatic carbocycles. The highest BCUT2D eigenvalue weighted by Gasteiger charge is 2.43. The maximum Gasteiger partial charge on any atom is 0.471 e. The van der Waals surface area contributed by atoms with Gasteiger partial charge in [-0.1, -0.05) is 0 Å². The minimum absolute atomic E-state index is 0.245. The van der Waals surface area contributed by atoms with E-state index >= 15 is 0 Å². The highest BCUT2D eigenvalue weighted by Crippen LogP contribution is 2.26. The van der Waals surface area contributed by atoms with Gasteiger partial charge in [-0.05, 0) is 6.92 Å². The molecule has 1 aromatic heterocycles. The maximum absolute atomic E-state index is 12.2. The molecule has 5 nitrogen and oxygen atoms in total. The molecule has 0 saturated carbocycles. The van der Waals surface area contributed by atoms with E-state index in [1.165, 1.54) is 6.92 Å². The van der Waals surface area contributed by atoms with Gasteiger partial charge in [0, 0.05) is 11.9 Å². The van der Waals surface area contributed by atoms with Gasteiger partial charge in [0.15, 0.2) is 10.8 Å². The molecule has 0 spiro atoms. The Morgan fingerprint density at radius 2 is 2.12 bits per heavy atom. The number of halogens is 3. The molecule has 0 aliphatic rings. The van der Waals surface area contributed by atoms with Gasteiger partial charge >= 0.3 is 18.1 Å². The van der Waals surface area contributed by atoms with Crippen LogP contribution in [0.2, 0.25) is 0 Å². The summed E-state index contributed by atoms with van der Waals surface area (Å²) in [5.41, 5.74) is -0.390. The number of carboxylic acid groups (broad SMARTS) is 1. The van der Waals surface area contributed by atoms with Crippen LogP contribution < -0.4 is 4.90 Å². The van der Waals surface area contributed by atoms with Crippen molar-refractivity contribution in [3.05, 3.63) is 11.1 Å². The van der Waals surface area contributed by atoms with Gasteiger partial charge in [0.05, 0.1) is 0 Å². The SMILES string of the molecule is CCN(C(=O)C(F)(F)F)c1nc(C(=O)O)cs1. The molecule has 9 heteroatoms. The van der Waals surface area contributed by atoms with E-state index in [0.717, 1.165) is 5.38 Å². The molecule has 0 aliphatic carbocycles. The third-order valence-corrected chi connectivity index (χ3v) is 2.61. The minimum atomic E-state index is -5.01. The van der Waals surface area contributed by atoms with E-state index in [1.54, 1.807) is 0 Å². The number of carbonyl (C=O) groups excluding carboxylic acids is 1. The lowest BCUT2D eigenvalue weighted by Gasteiger charge is -2.18. The summed E-state index contributed by atoms with van der Waals surface area (Å²) in [6.07, 6.45) is -5.01. The van der Waals surface area contributed by atoms with Crippen molar-refractivity contribution < 1.29 is 27.9 Å². The Morgan fingerprint density at radius 3 is 2.47 bits per heavy atom. The van der Waals surface area contributed by atoms with Crippen LogP contribution in [0.1, 0.15) is 17.4 Å². The normalized spacial score (nSPS) is 11.3. The number of aromatic carboxylic acids is 1. The van der Waals surface area contributed by atoms with E-state index < -0.39 is 23.7 Å². The molecule has 0 fully saturated rings. The molecule has 1 rings (SSSR count). The highest BCUT2D eigenvalue weighted by molar-refractivity contribution is 7.14. The van der Waals surface area contributed by atoms with Crippen LogP contribution >= 0.6 is 11.3 Å². The minimum Gasteiger partial charge on any atom is -0.476 e. The first-order valence-corrected chi connectivity index (χ1v) is 5.22. The number of rotatable bonds is 3. The predicted molar refractivity (Wildman–Crippen MR) is 53.2 cm³/mol. The van der Waals surface area contributed by atoms with Crippen molar-refractivity contribution in [3.63, 3.8) is 0 Å². The fourth-order valence-electron chi connectivity index (χ4n) is 1.01. The monoisotopic (exact) mass is 268 g/mol. The molecular weight excluding hydrogens is 261 g/mol. The second kappa shape index (κ2) is 4.70. The Balaban J connectivity index is 3.02. The van der Waals surface area contributed by atoms with Crippen molar-refractivity contribution in [2.75, 3.05) is 11.4 Å². The van der Waals surface area contributed by atoms with Crippen LogP contribution in [0.4, 0.5) is 18.3 Å². The molecule has 0 bridgehead atoms. The number of carboxylic acids is 1. The van der Waals surface area contributed by atoms with Crippen LogP contribution in [-0.4, -0.2) is 34.7 Å². The molecule has 1 amide bonds. The summed E-state index contributed by atoms with van der Waals surface area (Å²) in [6.45, 7) is 1.09. The standard InChI is InChI=1S/C8H7F3N2O3S/c1-2-13(6(16)8(9,10)11)7-12-4(3-17-7)5(14)15/h3H,2H2,1H3,(H,14,15). The van der Waals surface area contributed by atoms with Crippen LogP contribution in [0.25, 0.3) is 0 Å². The number of nitrogens with zero attached hydrogens (tertiary/aromatic N) is 2. The zero-order chi connectivity index (χ0) is 13.2. The summed E-state index contributed by atoms with van der Waals surface area (Å²) < 4.78 is 36.6. The van der Waals surface area contributed by atoms with Crippen molar-refractivity contribution >= 4 is 28.3 Å². The van der Waals surface area contributed by atoms with Gasteiger partial charge in [0.1, 0.15) is 0 Å². The number of alkyl halides is 3. The van der Waals surface area contributed by atoms with Gasteiger partial charge in [-0.15, -0.1) is 11.3 Å². The number of hydrogen-bond acceptors (Lipinski definition) is 4. The number of amides is 1. The van der Waals surface area contributed by atoms with Crippen LogP contribution in [-0.2, 0) is 4.79 Å². The number of hydrogen-bond donors (Lipinski definition) is 1. The van der Waals surface area contributed by atoms with E-state index in [4.69, 9.17) is 5.11 Å². The summed E-state index contributed by atoms with van der Waals surface area (Å²) >= 11 is 0.668. The summed E-state index contributed by atoms with van der Waals surface area (Å²) in [5.74, 6) is -3.42. The third kappa shape index (κ3) is 2.93. The Hall–Kier alpha value is -1.64. The summed E-state index contributed by atoms with van der Waals surface area (Å²) in [4.78, 5) is 25.3. The molecular formula is C8H7F3N2O3S. The van der Waals surface area contributed by atoms with Crippen molar-refractivity contribution in [1.82, 2.24) is 4.98 Å². The lowest BCUT2D eigenvalue weighted by Crippen LogP contribution is -2.41. The fraction of sp³-hybridized carbons (Fsp3) is 0.375. The van der Waals surface area contributed by atoms with Crippen molar-refractivity contribution in [3.8, 4) is 0 Å². The maximum atomic E-state index is 12.2. The van der Waals surface area contributed by atoms with Crippen LogP contribution in [0.5, 0.6) is 0 Å². The van der Waals surface area contributed by atoms with Gasteiger partial charge < -0.3 is 5.11 Å². The van der Waals surface area contributed by atoms with Gasteiger partial charge in [-0.2, -0.15) is 13.2 Å². The van der Waals surface area contributed by atoms with Gasteiger partial charge in [-0.25, -0.2) is 9.78 Å². The Labute approximate surface area is 97.5 Å². The second-order valence-corrected chi connectivity index (χ2v) is 3.70. The lowest BCUT2D eigenvalue weighted by molar-refractivity contribution is -0.170. The molecule has 1 heterocycles. The van der Waals surface area contributed by atoms with E-state index in [1.807, 2.05) is 0 Å². The molecule has 1 aromatic rings. The average Bonchev–Trinajstić information content (AvgIpc) is 2.66. The zero-order valence-corrected chi connectivity index (χ0v) is 9.30. The molecule has 0 unspecified atom stereocenters. The first kappa shape index (κ1) is 13.4. The fourth-order valence-corrected chi connectivity index (χ4v) is 1.87. The van der Waals surface area contributed by atoms with E-state index in [9.17, 15) is 22.8 Å². The smallest absolute Gasteiger partial charge is 0.471 e. The average molecular weight is 268 g/mol. The summed E-state index contributed by atoms with van der Waals surface area (Å²) in [6, 6.07) is 0. The quantitative estimate of drug-likeness (QED) is 0.906. The molecule has 17 heavy (non-hydrogen) atoms. The van der Waals surface area contributed by atoms with Crippen LogP contribution in [0.3, 0.4) is 0 Å². The lowest BCUT2D eigenvalue weighted by atomic mass is 10.5. The molecule has 0 radical (unpaired) electrons. The second-order valence-electron chi connectivity index (χ2n) is 2.87. The number of carbonyl (C=O) groups is 2. The zero-order valence-electron chi connectivity index (χ0n) is 8.48. The van der Waals surface area contributed by atoms with Crippen molar-refractivity contribution in [2.24, 2.45) is 0 Å². The highest BCUT2D eigenvalue weighted by atomic mass is 32.1. The van der Waals surface area contributed by atoms with Crippen LogP contribution in [0, 0.1) is 0 Å². The Morgan fingerprint density at radius 1 is 1.53 bits per heavy atom. The first-order valence-electron chi connectivity index (χ1n) is 4.35. The number of thiazole rings is 1.